The zero-order chi connectivity index (χ0) is 25.3. The average Bonchev–Trinajstić information content (AvgIpc) is 3.40. The van der Waals surface area contributed by atoms with Crippen LogP contribution >= 0.6 is 23.4 Å². The van der Waals surface area contributed by atoms with Crippen molar-refractivity contribution >= 4 is 35.2 Å². The molecule has 0 heterocycles. The fraction of sp³-hybridized carbons (Fsp3) is 0.333. The van der Waals surface area contributed by atoms with Gasteiger partial charge in [0.15, 0.2) is 0 Å². The van der Waals surface area contributed by atoms with E-state index in [1.165, 1.54) is 11.8 Å². The molecule has 1 aliphatic rings. The number of hydrogen-bond acceptors (Lipinski definition) is 3. The summed E-state index contributed by atoms with van der Waals surface area (Å²) in [6.45, 7) is 2.44. The van der Waals surface area contributed by atoms with Gasteiger partial charge < -0.3 is 10.2 Å². The first-order valence-electron chi connectivity index (χ1n) is 12.6. The Labute approximate surface area is 223 Å². The van der Waals surface area contributed by atoms with Crippen molar-refractivity contribution in [3.63, 3.8) is 0 Å². The van der Waals surface area contributed by atoms with Gasteiger partial charge in [-0.05, 0) is 60.7 Å². The van der Waals surface area contributed by atoms with Crippen LogP contribution in [0.15, 0.2) is 83.8 Å². The molecule has 3 aromatic carbocycles. The van der Waals surface area contributed by atoms with Gasteiger partial charge in [0.25, 0.3) is 0 Å². The lowest BCUT2D eigenvalue weighted by Crippen LogP contribution is -2.52. The second-order valence-corrected chi connectivity index (χ2v) is 10.9. The average molecular weight is 521 g/mol. The lowest BCUT2D eigenvalue weighted by molar-refractivity contribution is -0.139. The first kappa shape index (κ1) is 26.3. The van der Waals surface area contributed by atoms with Crippen LogP contribution < -0.4 is 5.32 Å². The second kappa shape index (κ2) is 13.0. The van der Waals surface area contributed by atoms with Crippen molar-refractivity contribution in [2.75, 3.05) is 5.75 Å². The van der Waals surface area contributed by atoms with Crippen LogP contribution in [-0.2, 0) is 22.6 Å². The minimum absolute atomic E-state index is 0.0549. The summed E-state index contributed by atoms with van der Waals surface area (Å²) in [5.74, 6) is 0.125. The van der Waals surface area contributed by atoms with E-state index >= 15 is 0 Å². The number of amides is 2. The summed E-state index contributed by atoms with van der Waals surface area (Å²) in [6.07, 6.45) is 4.75. The van der Waals surface area contributed by atoms with Crippen molar-refractivity contribution in [3.05, 3.63) is 101 Å². The molecule has 36 heavy (non-hydrogen) atoms. The quantitative estimate of drug-likeness (QED) is 0.313. The van der Waals surface area contributed by atoms with Crippen molar-refractivity contribution in [2.24, 2.45) is 0 Å². The topological polar surface area (TPSA) is 49.4 Å². The maximum Gasteiger partial charge on any atom is 0.243 e. The molecule has 1 aliphatic carbocycles. The minimum Gasteiger partial charge on any atom is -0.352 e. The van der Waals surface area contributed by atoms with Crippen LogP contribution in [0.2, 0.25) is 5.02 Å². The molecule has 0 radical (unpaired) electrons. The molecule has 1 fully saturated rings. The van der Waals surface area contributed by atoms with E-state index in [-0.39, 0.29) is 23.6 Å². The minimum atomic E-state index is -0.592. The number of halogens is 1. The highest BCUT2D eigenvalue weighted by Crippen LogP contribution is 2.24. The number of nitrogens with one attached hydrogen (secondary N) is 1. The van der Waals surface area contributed by atoms with Gasteiger partial charge in [-0.3, -0.25) is 9.59 Å². The zero-order valence-corrected chi connectivity index (χ0v) is 22.2. The highest BCUT2D eigenvalue weighted by atomic mass is 35.5. The first-order valence-corrected chi connectivity index (χ1v) is 13.9. The maximum absolute atomic E-state index is 13.8. The number of nitrogens with zero attached hydrogens (tertiary/aromatic N) is 1. The van der Waals surface area contributed by atoms with Gasteiger partial charge in [0.05, 0.1) is 5.75 Å². The molecule has 3 aromatic rings. The van der Waals surface area contributed by atoms with Crippen LogP contribution in [0.4, 0.5) is 0 Å². The molecule has 1 saturated carbocycles. The Bertz CT molecular complexity index is 1150. The zero-order valence-electron chi connectivity index (χ0n) is 20.7. The largest absolute Gasteiger partial charge is 0.352 e. The molecule has 0 aliphatic heterocycles. The van der Waals surface area contributed by atoms with Crippen molar-refractivity contribution in [3.8, 4) is 0 Å². The number of carbonyl (C=O) groups excluding carboxylic acids is 2. The predicted octanol–water partition coefficient (Wildman–Crippen LogP) is 6.44. The van der Waals surface area contributed by atoms with Gasteiger partial charge in [-0.25, -0.2) is 0 Å². The molecule has 2 amide bonds. The van der Waals surface area contributed by atoms with Gasteiger partial charge in [0.1, 0.15) is 6.04 Å². The Morgan fingerprint density at radius 1 is 0.972 bits per heavy atom. The van der Waals surface area contributed by atoms with Gasteiger partial charge in [0, 0.05) is 28.9 Å². The van der Waals surface area contributed by atoms with Gasteiger partial charge in [-0.1, -0.05) is 79.0 Å². The monoisotopic (exact) mass is 520 g/mol. The van der Waals surface area contributed by atoms with E-state index < -0.39 is 6.04 Å². The van der Waals surface area contributed by atoms with E-state index in [9.17, 15) is 9.59 Å². The SMILES string of the molecule is Cc1ccccc1CN(C(=O)CSc1ccc(Cl)cc1)C(Cc1ccccc1)C(=O)NC1CCCC1. The van der Waals surface area contributed by atoms with Crippen LogP contribution in [0, 0.1) is 6.92 Å². The van der Waals surface area contributed by atoms with E-state index in [1.807, 2.05) is 85.8 Å². The molecular formula is C30H33ClN2O2S. The van der Waals surface area contributed by atoms with Gasteiger partial charge in [0.2, 0.25) is 11.8 Å². The summed E-state index contributed by atoms with van der Waals surface area (Å²) < 4.78 is 0. The first-order chi connectivity index (χ1) is 17.5. The lowest BCUT2D eigenvalue weighted by Gasteiger charge is -2.32. The normalized spacial score (nSPS) is 14.4. The Balaban J connectivity index is 1.61. The fourth-order valence-electron chi connectivity index (χ4n) is 4.65. The molecule has 0 spiro atoms. The van der Waals surface area contributed by atoms with Crippen LogP contribution in [0.25, 0.3) is 0 Å². The highest BCUT2D eigenvalue weighted by molar-refractivity contribution is 8.00. The number of aryl methyl sites for hydroxylation is 1. The highest BCUT2D eigenvalue weighted by Gasteiger charge is 2.32. The van der Waals surface area contributed by atoms with Crippen LogP contribution in [0.3, 0.4) is 0 Å². The van der Waals surface area contributed by atoms with E-state index in [1.54, 1.807) is 4.90 Å². The molecule has 188 valence electrons. The fourth-order valence-corrected chi connectivity index (χ4v) is 5.56. The molecule has 6 heteroatoms. The van der Waals surface area contributed by atoms with Crippen molar-refractivity contribution in [2.45, 2.75) is 62.6 Å². The third-order valence-electron chi connectivity index (χ3n) is 6.75. The second-order valence-electron chi connectivity index (χ2n) is 9.39. The molecule has 1 unspecified atom stereocenters. The number of carbonyl (C=O) groups is 2. The van der Waals surface area contributed by atoms with E-state index in [0.717, 1.165) is 47.3 Å². The van der Waals surface area contributed by atoms with Gasteiger partial charge in [-0.15, -0.1) is 11.8 Å². The number of rotatable bonds is 10. The summed E-state index contributed by atoms with van der Waals surface area (Å²) in [7, 11) is 0. The Morgan fingerprint density at radius 3 is 2.33 bits per heavy atom. The molecule has 4 rings (SSSR count). The molecule has 0 bridgehead atoms. The lowest BCUT2D eigenvalue weighted by atomic mass is 10.0. The van der Waals surface area contributed by atoms with Gasteiger partial charge >= 0.3 is 0 Å². The maximum atomic E-state index is 13.8. The van der Waals surface area contributed by atoms with Crippen molar-refractivity contribution in [1.29, 1.82) is 0 Å². The molecule has 0 aromatic heterocycles. The third kappa shape index (κ3) is 7.37. The molecule has 1 atom stereocenters. The number of thioether (sulfide) groups is 1. The summed E-state index contributed by atoms with van der Waals surface area (Å²) in [5, 5.41) is 3.93. The standard InChI is InChI=1S/C30H33ClN2O2S/c1-22-9-5-6-12-24(22)20-33(29(34)21-36-27-17-15-25(31)16-18-27)28(19-23-10-3-2-4-11-23)30(35)32-26-13-7-8-14-26/h2-6,9-12,15-18,26,28H,7-8,13-14,19-21H2,1H3,(H,32,35). The van der Waals surface area contributed by atoms with E-state index in [2.05, 4.69) is 5.32 Å². The van der Waals surface area contributed by atoms with Crippen molar-refractivity contribution in [1.82, 2.24) is 10.2 Å². The third-order valence-corrected chi connectivity index (χ3v) is 8.00. The van der Waals surface area contributed by atoms with E-state index in [0.29, 0.717) is 18.0 Å². The molecule has 4 nitrogen and oxygen atoms in total. The summed E-state index contributed by atoms with van der Waals surface area (Å²) >= 11 is 7.49. The Hall–Kier alpha value is -2.76. The summed E-state index contributed by atoms with van der Waals surface area (Å²) in [5.41, 5.74) is 3.20. The molecule has 0 saturated heterocycles. The number of hydrogen-bond donors (Lipinski definition) is 1. The van der Waals surface area contributed by atoms with Gasteiger partial charge in [-0.2, -0.15) is 0 Å². The smallest absolute Gasteiger partial charge is 0.243 e. The summed E-state index contributed by atoms with van der Waals surface area (Å²) in [6, 6.07) is 25.1. The van der Waals surface area contributed by atoms with Crippen LogP contribution in [-0.4, -0.2) is 34.6 Å². The molecular weight excluding hydrogens is 488 g/mol. The molecule has 1 N–H and O–H groups in total. The Kier molecular flexibility index (Phi) is 9.48. The van der Waals surface area contributed by atoms with E-state index in [4.69, 9.17) is 11.6 Å². The number of benzene rings is 3. The van der Waals surface area contributed by atoms with Crippen LogP contribution in [0.1, 0.15) is 42.4 Å². The van der Waals surface area contributed by atoms with Crippen LogP contribution in [0.5, 0.6) is 0 Å². The Morgan fingerprint density at radius 2 is 1.64 bits per heavy atom. The van der Waals surface area contributed by atoms with Crippen molar-refractivity contribution < 1.29 is 9.59 Å². The summed E-state index contributed by atoms with van der Waals surface area (Å²) in [4.78, 5) is 30.2. The predicted molar refractivity (Wildman–Crippen MR) is 148 cm³/mol.